The molecule has 0 bridgehead atoms. The molecule has 6 aliphatic rings. The fourth-order valence-corrected chi connectivity index (χ4v) is 13.7. The monoisotopic (exact) mass is 593 g/mol. The average molecular weight is 594 g/mol. The summed E-state index contributed by atoms with van der Waals surface area (Å²) in [6.45, 7) is 22.0. The van der Waals surface area contributed by atoms with Crippen LogP contribution in [0.15, 0.2) is 11.6 Å². The Bertz CT molecular complexity index is 1310. The molecule has 1 N–H and O–H groups in total. The Kier molecular flexibility index (Phi) is 6.50. The lowest BCUT2D eigenvalue weighted by Crippen LogP contribution is -2.65. The van der Waals surface area contributed by atoms with Gasteiger partial charge in [-0.2, -0.15) is 0 Å². The van der Waals surface area contributed by atoms with Gasteiger partial charge in [0, 0.05) is 36.5 Å². The number of rotatable bonds is 2. The van der Waals surface area contributed by atoms with E-state index in [1.54, 1.807) is 10.5 Å². The number of anilines is 1. The molecule has 0 aromatic carbocycles. The molecule has 42 heavy (non-hydrogen) atoms. The summed E-state index contributed by atoms with van der Waals surface area (Å²) in [7, 11) is 2.23. The number of thiazole rings is 1. The lowest BCUT2D eigenvalue weighted by atomic mass is 9.33. The molecule has 6 heteroatoms. The summed E-state index contributed by atoms with van der Waals surface area (Å²) in [6.07, 6.45) is 11.2. The first-order chi connectivity index (χ1) is 19.7. The first-order valence-electron chi connectivity index (χ1n) is 17.1. The van der Waals surface area contributed by atoms with Gasteiger partial charge >= 0.3 is 5.97 Å². The third kappa shape index (κ3) is 3.63. The van der Waals surface area contributed by atoms with E-state index < -0.39 is 11.4 Å². The van der Waals surface area contributed by atoms with Crippen LogP contribution >= 0.6 is 11.3 Å². The van der Waals surface area contributed by atoms with E-state index in [0.29, 0.717) is 23.7 Å². The molecule has 232 valence electrons. The van der Waals surface area contributed by atoms with Gasteiger partial charge in [0.1, 0.15) is 0 Å². The number of hydrogen-bond acceptors (Lipinski definition) is 5. The third-order valence-corrected chi connectivity index (χ3v) is 16.3. The molecule has 1 aromatic rings. The van der Waals surface area contributed by atoms with Gasteiger partial charge in [-0.25, -0.2) is 4.98 Å². The predicted molar refractivity (Wildman–Crippen MR) is 172 cm³/mol. The van der Waals surface area contributed by atoms with Crippen LogP contribution in [0.2, 0.25) is 0 Å². The highest BCUT2D eigenvalue weighted by atomic mass is 32.1. The number of carboxylic acids is 1. The van der Waals surface area contributed by atoms with Crippen LogP contribution < -0.4 is 4.90 Å². The molecular weight excluding hydrogens is 538 g/mol. The van der Waals surface area contributed by atoms with Gasteiger partial charge in [0.15, 0.2) is 5.13 Å². The van der Waals surface area contributed by atoms with Crippen LogP contribution in [0, 0.1) is 51.2 Å². The maximum Gasteiger partial charge on any atom is 0.310 e. The largest absolute Gasteiger partial charge is 0.481 e. The minimum absolute atomic E-state index is 0.0637. The van der Waals surface area contributed by atoms with Gasteiger partial charge in [0.25, 0.3) is 0 Å². The average Bonchev–Trinajstić information content (AvgIpc) is 3.36. The van der Waals surface area contributed by atoms with Crippen molar-refractivity contribution < 1.29 is 9.90 Å². The summed E-state index contributed by atoms with van der Waals surface area (Å²) >= 11 is 1.99. The number of piperazine rings is 1. The zero-order chi connectivity index (χ0) is 30.0. The van der Waals surface area contributed by atoms with E-state index in [0.717, 1.165) is 64.7 Å². The molecule has 0 unspecified atom stereocenters. The minimum atomic E-state index is -0.564. The molecule has 7 rings (SSSR count). The van der Waals surface area contributed by atoms with Crippen molar-refractivity contribution in [2.24, 2.45) is 51.2 Å². The van der Waals surface area contributed by atoms with Crippen LogP contribution in [0.5, 0.6) is 0 Å². The van der Waals surface area contributed by atoms with E-state index >= 15 is 0 Å². The Morgan fingerprint density at radius 2 is 1.69 bits per heavy atom. The van der Waals surface area contributed by atoms with Crippen molar-refractivity contribution in [2.45, 2.75) is 105 Å². The lowest BCUT2D eigenvalue weighted by molar-refractivity contribution is -0.179. The first kappa shape index (κ1) is 29.3. The molecule has 9 atom stereocenters. The van der Waals surface area contributed by atoms with Crippen molar-refractivity contribution in [1.82, 2.24) is 9.88 Å². The van der Waals surface area contributed by atoms with Crippen molar-refractivity contribution in [3.8, 4) is 0 Å². The zero-order valence-corrected chi connectivity index (χ0v) is 28.4. The summed E-state index contributed by atoms with van der Waals surface area (Å²) in [6, 6.07) is 0. The number of likely N-dealkylation sites (N-methyl/N-ethyl adjacent to an activating group) is 1. The molecule has 0 spiro atoms. The number of fused-ring (bicyclic) bond motifs is 8. The second-order valence-electron chi connectivity index (χ2n) is 17.1. The van der Waals surface area contributed by atoms with Crippen molar-refractivity contribution in [3.05, 3.63) is 22.2 Å². The standard InChI is InChI=1S/C36H55N3O2S/c1-22-11-14-36(30(40)41)16-15-34(6)24(28(36)23(22)2)9-10-27-33(5)21-25-29(32(3,4)26(33)12-13-35(27,34)7)37-31(42-25)39-19-17-38(8)18-20-39/h9,22-23,26-28H,10-21H2,1-8H3,(H,40,41)/t22-,23+,26+,27-,28+,33+,34-,35-,36+/m1/s1. The molecule has 2 heterocycles. The molecule has 5 nitrogen and oxygen atoms in total. The first-order valence-corrected chi connectivity index (χ1v) is 17.9. The Morgan fingerprint density at radius 1 is 0.976 bits per heavy atom. The molecule has 1 aliphatic heterocycles. The highest BCUT2D eigenvalue weighted by Gasteiger charge is 2.69. The van der Waals surface area contributed by atoms with Crippen molar-refractivity contribution in [3.63, 3.8) is 0 Å². The molecule has 1 aromatic heterocycles. The summed E-state index contributed by atoms with van der Waals surface area (Å²) in [5.41, 5.74) is 2.91. The van der Waals surface area contributed by atoms with Gasteiger partial charge in [0.05, 0.1) is 11.1 Å². The predicted octanol–water partition coefficient (Wildman–Crippen LogP) is 7.65. The van der Waals surface area contributed by atoms with Crippen LogP contribution in [0.25, 0.3) is 0 Å². The number of aliphatic carboxylic acids is 1. The van der Waals surface area contributed by atoms with Crippen molar-refractivity contribution in [1.29, 1.82) is 0 Å². The van der Waals surface area contributed by atoms with Gasteiger partial charge in [-0.3, -0.25) is 4.79 Å². The highest BCUT2D eigenvalue weighted by molar-refractivity contribution is 7.15. The number of carbonyl (C=O) groups is 1. The van der Waals surface area contributed by atoms with Crippen molar-refractivity contribution in [2.75, 3.05) is 38.1 Å². The van der Waals surface area contributed by atoms with E-state index in [2.05, 4.69) is 71.4 Å². The number of nitrogens with zero attached hydrogens (tertiary/aromatic N) is 3. The molecule has 0 radical (unpaired) electrons. The third-order valence-electron chi connectivity index (χ3n) is 15.2. The van der Waals surface area contributed by atoms with Gasteiger partial charge in [-0.1, -0.05) is 60.1 Å². The van der Waals surface area contributed by atoms with Crippen LogP contribution in [-0.4, -0.2) is 54.2 Å². The highest BCUT2D eigenvalue weighted by Crippen LogP contribution is 2.75. The fourth-order valence-electron chi connectivity index (χ4n) is 12.3. The van der Waals surface area contributed by atoms with E-state index in [1.807, 2.05) is 11.3 Å². The number of hydrogen-bond donors (Lipinski definition) is 1. The van der Waals surface area contributed by atoms with Crippen LogP contribution in [0.3, 0.4) is 0 Å². The van der Waals surface area contributed by atoms with Crippen LogP contribution in [-0.2, 0) is 16.6 Å². The summed E-state index contributed by atoms with van der Waals surface area (Å²) in [5.74, 6) is 1.89. The van der Waals surface area contributed by atoms with Crippen molar-refractivity contribution >= 4 is 22.4 Å². The van der Waals surface area contributed by atoms with Gasteiger partial charge in [-0.15, -0.1) is 11.3 Å². The van der Waals surface area contributed by atoms with Gasteiger partial charge in [0.2, 0.25) is 0 Å². The smallest absolute Gasteiger partial charge is 0.310 e. The van der Waals surface area contributed by atoms with E-state index in [-0.39, 0.29) is 27.6 Å². The number of allylic oxidation sites excluding steroid dienone is 2. The molecular formula is C36H55N3O2S. The fraction of sp³-hybridized carbons (Fsp3) is 0.833. The Morgan fingerprint density at radius 3 is 2.38 bits per heavy atom. The van der Waals surface area contributed by atoms with E-state index in [4.69, 9.17) is 4.98 Å². The van der Waals surface area contributed by atoms with Crippen LogP contribution in [0.4, 0.5) is 5.13 Å². The molecule has 1 saturated heterocycles. The normalized spacial score (nSPS) is 46.4. The lowest BCUT2D eigenvalue weighted by Gasteiger charge is -2.70. The Hall–Kier alpha value is -1.40. The Balaban J connectivity index is 1.28. The van der Waals surface area contributed by atoms with E-state index in [9.17, 15) is 9.90 Å². The molecule has 0 amide bonds. The minimum Gasteiger partial charge on any atom is -0.481 e. The summed E-state index contributed by atoms with van der Waals surface area (Å²) in [4.78, 5) is 24.9. The maximum atomic E-state index is 13.0. The second-order valence-corrected chi connectivity index (χ2v) is 18.1. The second kappa shape index (κ2) is 9.31. The number of aromatic nitrogens is 1. The SMILES string of the molecule is C[C@H]1[C@H](C)CC[C@]2(C(=O)O)CC[C@]3(C)C(=CC[C@@H]4[C@@]5(C)Cc6sc(N7CCN(C)CC7)nc6C(C)(C)[C@@H]5CC[C@]43C)[C@H]12. The quantitative estimate of drug-likeness (QED) is 0.357. The van der Waals surface area contributed by atoms with Crippen LogP contribution in [0.1, 0.15) is 104 Å². The molecule has 5 aliphatic carbocycles. The maximum absolute atomic E-state index is 13.0. The number of carboxylic acid groups (broad SMARTS) is 1. The zero-order valence-electron chi connectivity index (χ0n) is 27.6. The van der Waals surface area contributed by atoms with E-state index in [1.165, 1.54) is 23.7 Å². The summed E-state index contributed by atoms with van der Waals surface area (Å²) < 4.78 is 0. The molecule has 4 fully saturated rings. The van der Waals surface area contributed by atoms with Gasteiger partial charge < -0.3 is 14.9 Å². The topological polar surface area (TPSA) is 56.7 Å². The van der Waals surface area contributed by atoms with Gasteiger partial charge in [-0.05, 0) is 104 Å². The Labute approximate surface area is 258 Å². The molecule has 3 saturated carbocycles. The summed E-state index contributed by atoms with van der Waals surface area (Å²) in [5, 5.41) is 12.0.